The number of benzene rings is 1. The van der Waals surface area contributed by atoms with Crippen molar-refractivity contribution in [1.29, 1.82) is 0 Å². The number of fused-ring (bicyclic) bond motifs is 3. The van der Waals surface area contributed by atoms with Gasteiger partial charge < -0.3 is 15.7 Å². The van der Waals surface area contributed by atoms with Crippen LogP contribution in [-0.4, -0.2) is 9.97 Å². The highest BCUT2D eigenvalue weighted by molar-refractivity contribution is 7.81. The monoisotopic (exact) mass is 369 g/mol. The van der Waals surface area contributed by atoms with E-state index in [1.165, 1.54) is 0 Å². The summed E-state index contributed by atoms with van der Waals surface area (Å²) in [6.07, 6.45) is 0. The van der Waals surface area contributed by atoms with Gasteiger partial charge in [-0.2, -0.15) is 0 Å². The largest absolute Gasteiger partial charge is 0.384 e. The molecule has 108 valence electrons. The van der Waals surface area contributed by atoms with Crippen LogP contribution >= 0.6 is 58.9 Å². The molecule has 0 aliphatic rings. The van der Waals surface area contributed by atoms with Gasteiger partial charge in [0.1, 0.15) is 10.5 Å². The van der Waals surface area contributed by atoms with Crippen LogP contribution in [0.1, 0.15) is 5.56 Å². The Kier molecular flexibility index (Phi) is 3.83. The van der Waals surface area contributed by atoms with Crippen molar-refractivity contribution >= 4 is 91.9 Å². The van der Waals surface area contributed by atoms with Gasteiger partial charge in [-0.15, -0.1) is 34.5 Å². The smallest absolute Gasteiger partial charge is 0.122 e. The SMILES string of the molecule is Cc1c(S)c2c(P)c(S)c(N)[nH]c2c2[nH]c(=S)c(=S)cc12. The highest BCUT2D eigenvalue weighted by atomic mass is 32.1. The Morgan fingerprint density at radius 2 is 1.81 bits per heavy atom. The highest BCUT2D eigenvalue weighted by Gasteiger charge is 2.15. The molecule has 1 unspecified atom stereocenters. The number of H-pyrrole nitrogens is 2. The number of aromatic amines is 2. The fraction of sp³-hybridized carbons (Fsp3) is 0.0769. The highest BCUT2D eigenvalue weighted by Crippen LogP contribution is 2.35. The second-order valence-corrected chi connectivity index (χ2v) is 7.10. The zero-order chi connectivity index (χ0) is 15.5. The van der Waals surface area contributed by atoms with Gasteiger partial charge in [-0.1, -0.05) is 24.4 Å². The van der Waals surface area contributed by atoms with E-state index in [1.54, 1.807) is 0 Å². The fourth-order valence-corrected chi connectivity index (χ4v) is 3.82. The number of nitrogen functional groups attached to an aromatic ring is 1. The molecule has 21 heavy (non-hydrogen) atoms. The number of thiol groups is 2. The Morgan fingerprint density at radius 3 is 2.48 bits per heavy atom. The average Bonchev–Trinajstić information content (AvgIpc) is 2.44. The van der Waals surface area contributed by atoms with Crippen LogP contribution in [0.3, 0.4) is 0 Å². The molecule has 0 amide bonds. The molecule has 8 heteroatoms. The average molecular weight is 370 g/mol. The van der Waals surface area contributed by atoms with E-state index in [1.807, 2.05) is 13.0 Å². The lowest BCUT2D eigenvalue weighted by Gasteiger charge is -2.16. The molecule has 0 saturated heterocycles. The molecule has 0 fully saturated rings. The Labute approximate surface area is 144 Å². The first-order valence-corrected chi connectivity index (χ1v) is 8.30. The van der Waals surface area contributed by atoms with Crippen LogP contribution in [0.5, 0.6) is 0 Å². The molecule has 3 aromatic rings. The topological polar surface area (TPSA) is 57.6 Å². The molecule has 2 heterocycles. The van der Waals surface area contributed by atoms with E-state index in [0.29, 0.717) is 19.9 Å². The van der Waals surface area contributed by atoms with Crippen LogP contribution in [0.2, 0.25) is 0 Å². The van der Waals surface area contributed by atoms with Crippen molar-refractivity contribution in [2.24, 2.45) is 0 Å². The molecular weight excluding hydrogens is 357 g/mol. The maximum absolute atomic E-state index is 6.00. The van der Waals surface area contributed by atoms with Crippen molar-refractivity contribution in [3.63, 3.8) is 0 Å². The quantitative estimate of drug-likeness (QED) is 0.180. The van der Waals surface area contributed by atoms with Crippen molar-refractivity contribution in [1.82, 2.24) is 9.97 Å². The number of anilines is 1. The summed E-state index contributed by atoms with van der Waals surface area (Å²) in [7, 11) is 2.68. The molecule has 4 N–H and O–H groups in total. The van der Waals surface area contributed by atoms with Gasteiger partial charge in [-0.25, -0.2) is 0 Å². The van der Waals surface area contributed by atoms with Gasteiger partial charge in [0.25, 0.3) is 0 Å². The van der Waals surface area contributed by atoms with Gasteiger partial charge >= 0.3 is 0 Å². The Balaban J connectivity index is 2.76. The molecule has 0 aliphatic carbocycles. The van der Waals surface area contributed by atoms with Crippen molar-refractivity contribution in [2.75, 3.05) is 5.73 Å². The van der Waals surface area contributed by atoms with Crippen molar-refractivity contribution in [3.05, 3.63) is 20.8 Å². The van der Waals surface area contributed by atoms with Crippen LogP contribution in [0.4, 0.5) is 5.82 Å². The number of pyridine rings is 2. The number of aryl methyl sites for hydroxylation is 1. The zero-order valence-electron chi connectivity index (χ0n) is 10.9. The first-order valence-electron chi connectivity index (χ1n) is 6.01. The fourth-order valence-electron chi connectivity index (χ4n) is 2.41. The van der Waals surface area contributed by atoms with E-state index < -0.39 is 0 Å². The van der Waals surface area contributed by atoms with E-state index in [0.717, 1.165) is 37.6 Å². The summed E-state index contributed by atoms with van der Waals surface area (Å²) < 4.78 is 1.16. The normalized spacial score (nSPS) is 11.4. The lowest BCUT2D eigenvalue weighted by Crippen LogP contribution is -2.07. The Hall–Kier alpha value is -0.590. The maximum atomic E-state index is 6.00. The molecule has 1 atom stereocenters. The third kappa shape index (κ3) is 2.23. The lowest BCUT2D eigenvalue weighted by atomic mass is 10.0. The second kappa shape index (κ2) is 5.25. The summed E-state index contributed by atoms with van der Waals surface area (Å²) in [5, 5.41) is 2.84. The molecule has 0 saturated carbocycles. The number of hydrogen-bond acceptors (Lipinski definition) is 5. The van der Waals surface area contributed by atoms with Crippen LogP contribution in [0.25, 0.3) is 21.8 Å². The van der Waals surface area contributed by atoms with E-state index in [9.17, 15) is 0 Å². The molecule has 1 aromatic carbocycles. The van der Waals surface area contributed by atoms with E-state index in [4.69, 9.17) is 30.2 Å². The summed E-state index contributed by atoms with van der Waals surface area (Å²) in [5.74, 6) is 0.496. The van der Waals surface area contributed by atoms with E-state index in [-0.39, 0.29) is 0 Å². The predicted molar refractivity (Wildman–Crippen MR) is 105 cm³/mol. The number of rotatable bonds is 0. The van der Waals surface area contributed by atoms with E-state index >= 15 is 0 Å². The number of nitrogens with one attached hydrogen (secondary N) is 2. The number of hydrogen-bond donors (Lipinski definition) is 5. The lowest BCUT2D eigenvalue weighted by molar-refractivity contribution is 1.28. The summed E-state index contributed by atoms with van der Waals surface area (Å²) >= 11 is 19.6. The third-order valence-corrected chi connectivity index (χ3v) is 6.18. The van der Waals surface area contributed by atoms with Gasteiger partial charge in [0, 0.05) is 15.7 Å². The van der Waals surface area contributed by atoms with Gasteiger partial charge in [-0.3, -0.25) is 0 Å². The minimum Gasteiger partial charge on any atom is -0.384 e. The second-order valence-electron chi connectivity index (χ2n) is 4.78. The van der Waals surface area contributed by atoms with Crippen LogP contribution in [0.15, 0.2) is 15.9 Å². The first-order chi connectivity index (χ1) is 9.82. The van der Waals surface area contributed by atoms with Crippen LogP contribution in [0, 0.1) is 16.1 Å². The minimum absolute atomic E-state index is 0.496. The van der Waals surface area contributed by atoms with Gasteiger partial charge in [0.05, 0.1) is 20.4 Å². The summed E-state index contributed by atoms with van der Waals surface area (Å²) in [5.41, 5.74) is 8.76. The number of aromatic nitrogens is 2. The minimum atomic E-state index is 0.496. The summed E-state index contributed by atoms with van der Waals surface area (Å²) in [4.78, 5) is 7.95. The predicted octanol–water partition coefficient (Wildman–Crippen LogP) is 4.08. The first kappa shape index (κ1) is 15.3. The molecule has 3 rings (SSSR count). The number of nitrogens with two attached hydrogens (primary N) is 1. The zero-order valence-corrected chi connectivity index (χ0v) is 15.5. The third-order valence-electron chi connectivity index (χ3n) is 3.54. The van der Waals surface area contributed by atoms with Crippen LogP contribution in [-0.2, 0) is 0 Å². The summed E-state index contributed by atoms with van der Waals surface area (Å²) in [6.45, 7) is 2.01. The van der Waals surface area contributed by atoms with Gasteiger partial charge in [-0.05, 0) is 23.9 Å². The van der Waals surface area contributed by atoms with Crippen molar-refractivity contribution in [2.45, 2.75) is 16.7 Å². The van der Waals surface area contributed by atoms with Crippen molar-refractivity contribution < 1.29 is 0 Å². The van der Waals surface area contributed by atoms with Crippen LogP contribution < -0.4 is 11.0 Å². The standard InChI is InChI=1S/C13H12N3PS4/c1-3-4-2-5(18)13(21)16-7(4)8-6(10(3)19)9(17)11(20)12(14)15-8/h2,15,19-20H,14,17H2,1H3,(H,16,21). The molecule has 0 bridgehead atoms. The van der Waals surface area contributed by atoms with E-state index in [2.05, 4.69) is 44.5 Å². The molecule has 0 aliphatic heterocycles. The Bertz CT molecular complexity index is 1040. The molecule has 2 aromatic heterocycles. The molecular formula is C13H12N3PS4. The van der Waals surface area contributed by atoms with Crippen molar-refractivity contribution in [3.8, 4) is 0 Å². The molecule has 0 radical (unpaired) electrons. The molecule has 0 spiro atoms. The Morgan fingerprint density at radius 1 is 1.14 bits per heavy atom. The summed E-state index contributed by atoms with van der Waals surface area (Å²) in [6, 6.07) is 1.90. The van der Waals surface area contributed by atoms with Gasteiger partial charge in [0.15, 0.2) is 0 Å². The van der Waals surface area contributed by atoms with Gasteiger partial charge in [0.2, 0.25) is 0 Å². The maximum Gasteiger partial charge on any atom is 0.122 e. The molecule has 3 nitrogen and oxygen atoms in total.